The zero-order chi connectivity index (χ0) is 20.5. The number of benzene rings is 2. The van der Waals surface area contributed by atoms with Gasteiger partial charge in [0.05, 0.1) is 13.1 Å². The molecule has 2 rings (SSSR count). The van der Waals surface area contributed by atoms with Gasteiger partial charge in [-0.25, -0.2) is 0 Å². The SMILES string of the molecule is CC(C)Cc1ccc([C@@H](C)NC(=O)C[NH+](C)CCOc2ccc(Cl)cc2)cc1. The molecule has 0 saturated heterocycles. The van der Waals surface area contributed by atoms with Gasteiger partial charge in [-0.2, -0.15) is 0 Å². The average molecular weight is 404 g/mol. The summed E-state index contributed by atoms with van der Waals surface area (Å²) >= 11 is 5.86. The number of likely N-dealkylation sites (N-methyl/N-ethyl adjacent to an activating group) is 1. The zero-order valence-electron chi connectivity index (χ0n) is 17.3. The second-order valence-corrected chi connectivity index (χ2v) is 8.25. The average Bonchev–Trinajstić information content (AvgIpc) is 2.63. The van der Waals surface area contributed by atoms with E-state index in [4.69, 9.17) is 16.3 Å². The molecule has 0 aliphatic rings. The summed E-state index contributed by atoms with van der Waals surface area (Å²) in [6, 6.07) is 15.8. The topological polar surface area (TPSA) is 42.8 Å². The molecule has 1 amide bonds. The number of amides is 1. The summed E-state index contributed by atoms with van der Waals surface area (Å²) in [6.45, 7) is 8.17. The van der Waals surface area contributed by atoms with Crippen molar-refractivity contribution in [1.29, 1.82) is 0 Å². The molecule has 2 aromatic carbocycles. The maximum absolute atomic E-state index is 12.3. The van der Waals surface area contributed by atoms with Gasteiger partial charge in [-0.1, -0.05) is 49.7 Å². The van der Waals surface area contributed by atoms with E-state index in [0.29, 0.717) is 24.1 Å². The first kappa shape index (κ1) is 22.3. The van der Waals surface area contributed by atoms with Crippen molar-refractivity contribution < 1.29 is 14.4 Å². The lowest BCUT2D eigenvalue weighted by Crippen LogP contribution is -3.10. The van der Waals surface area contributed by atoms with Crippen molar-refractivity contribution in [3.8, 4) is 5.75 Å². The molecule has 0 spiro atoms. The van der Waals surface area contributed by atoms with Crippen LogP contribution in [0.3, 0.4) is 0 Å². The van der Waals surface area contributed by atoms with Crippen molar-refractivity contribution in [1.82, 2.24) is 5.32 Å². The van der Waals surface area contributed by atoms with Crippen LogP contribution in [0.15, 0.2) is 48.5 Å². The second kappa shape index (κ2) is 11.1. The Bertz CT molecular complexity index is 729. The van der Waals surface area contributed by atoms with Crippen LogP contribution in [-0.4, -0.2) is 32.7 Å². The fraction of sp³-hybridized carbons (Fsp3) is 0.435. The molecule has 0 aliphatic heterocycles. The summed E-state index contributed by atoms with van der Waals surface area (Å²) in [5, 5.41) is 3.78. The predicted octanol–water partition coefficient (Wildman–Crippen LogP) is 3.31. The molecule has 0 aromatic heterocycles. The highest BCUT2D eigenvalue weighted by molar-refractivity contribution is 6.30. The summed E-state index contributed by atoms with van der Waals surface area (Å²) in [5.41, 5.74) is 2.46. The van der Waals surface area contributed by atoms with Gasteiger partial charge in [0.25, 0.3) is 5.91 Å². The summed E-state index contributed by atoms with van der Waals surface area (Å²) in [7, 11) is 2.00. The van der Waals surface area contributed by atoms with Gasteiger partial charge in [-0.3, -0.25) is 4.79 Å². The molecule has 2 atom stereocenters. The van der Waals surface area contributed by atoms with Gasteiger partial charge < -0.3 is 15.0 Å². The van der Waals surface area contributed by atoms with Crippen LogP contribution >= 0.6 is 11.6 Å². The molecule has 0 radical (unpaired) electrons. The number of carbonyl (C=O) groups is 1. The molecule has 152 valence electrons. The van der Waals surface area contributed by atoms with Crippen LogP contribution in [0.2, 0.25) is 5.02 Å². The summed E-state index contributed by atoms with van der Waals surface area (Å²) in [4.78, 5) is 13.4. The first-order valence-electron chi connectivity index (χ1n) is 9.91. The van der Waals surface area contributed by atoms with E-state index in [-0.39, 0.29) is 11.9 Å². The predicted molar refractivity (Wildman–Crippen MR) is 115 cm³/mol. The fourth-order valence-electron chi connectivity index (χ4n) is 3.03. The van der Waals surface area contributed by atoms with Crippen LogP contribution in [0.4, 0.5) is 0 Å². The van der Waals surface area contributed by atoms with E-state index >= 15 is 0 Å². The molecule has 1 unspecified atom stereocenters. The van der Waals surface area contributed by atoms with Gasteiger partial charge in [0.2, 0.25) is 0 Å². The van der Waals surface area contributed by atoms with E-state index < -0.39 is 0 Å². The Morgan fingerprint density at radius 2 is 1.71 bits per heavy atom. The normalized spacial score (nSPS) is 13.2. The Kier molecular flexibility index (Phi) is 8.81. The van der Waals surface area contributed by atoms with Crippen LogP contribution in [-0.2, 0) is 11.2 Å². The van der Waals surface area contributed by atoms with Gasteiger partial charge in [0, 0.05) is 5.02 Å². The number of hydrogen-bond donors (Lipinski definition) is 2. The van der Waals surface area contributed by atoms with E-state index in [1.165, 1.54) is 5.56 Å². The quantitative estimate of drug-likeness (QED) is 0.639. The molecule has 2 aromatic rings. The molecule has 5 heteroatoms. The van der Waals surface area contributed by atoms with Crippen LogP contribution in [0.5, 0.6) is 5.75 Å². The third-order valence-electron chi connectivity index (χ3n) is 4.57. The van der Waals surface area contributed by atoms with E-state index in [9.17, 15) is 4.79 Å². The number of rotatable bonds is 10. The van der Waals surface area contributed by atoms with Crippen molar-refractivity contribution in [2.45, 2.75) is 33.2 Å². The van der Waals surface area contributed by atoms with Gasteiger partial charge in [0.15, 0.2) is 6.54 Å². The Balaban J connectivity index is 1.72. The monoisotopic (exact) mass is 403 g/mol. The Morgan fingerprint density at radius 1 is 1.07 bits per heavy atom. The number of ether oxygens (including phenoxy) is 1. The lowest BCUT2D eigenvalue weighted by atomic mass is 10.00. The fourth-order valence-corrected chi connectivity index (χ4v) is 3.15. The zero-order valence-corrected chi connectivity index (χ0v) is 18.1. The summed E-state index contributed by atoms with van der Waals surface area (Å²) in [6.07, 6.45) is 1.08. The maximum atomic E-state index is 12.3. The minimum absolute atomic E-state index is 0.00119. The Morgan fingerprint density at radius 3 is 2.32 bits per heavy atom. The van der Waals surface area contributed by atoms with Crippen molar-refractivity contribution in [2.24, 2.45) is 5.92 Å². The van der Waals surface area contributed by atoms with Crippen LogP contribution in [0.25, 0.3) is 0 Å². The molecule has 28 heavy (non-hydrogen) atoms. The highest BCUT2D eigenvalue weighted by atomic mass is 35.5. The highest BCUT2D eigenvalue weighted by Gasteiger charge is 2.14. The maximum Gasteiger partial charge on any atom is 0.275 e. The third kappa shape index (κ3) is 7.91. The number of halogens is 1. The molecule has 2 N–H and O–H groups in total. The Hall–Kier alpha value is -2.04. The summed E-state index contributed by atoms with van der Waals surface area (Å²) in [5.74, 6) is 1.48. The minimum atomic E-state index is -0.00119. The second-order valence-electron chi connectivity index (χ2n) is 7.82. The van der Waals surface area contributed by atoms with E-state index in [1.54, 1.807) is 12.1 Å². The van der Waals surface area contributed by atoms with Crippen molar-refractivity contribution >= 4 is 17.5 Å². The molecule has 0 heterocycles. The van der Waals surface area contributed by atoms with Crippen LogP contribution in [0.1, 0.15) is 37.9 Å². The van der Waals surface area contributed by atoms with Crippen molar-refractivity contribution in [3.05, 3.63) is 64.7 Å². The van der Waals surface area contributed by atoms with E-state index in [0.717, 1.165) is 29.2 Å². The van der Waals surface area contributed by atoms with Gasteiger partial charge in [-0.05, 0) is 54.7 Å². The third-order valence-corrected chi connectivity index (χ3v) is 4.83. The molecular weight excluding hydrogens is 372 g/mol. The number of quaternary nitrogens is 1. The molecule has 0 fully saturated rings. The van der Waals surface area contributed by atoms with Crippen LogP contribution < -0.4 is 15.0 Å². The Labute approximate surface area is 173 Å². The molecule has 0 saturated carbocycles. The van der Waals surface area contributed by atoms with Gasteiger partial charge in [-0.15, -0.1) is 0 Å². The molecule has 0 aliphatic carbocycles. The molecular formula is C23H32ClN2O2+. The van der Waals surface area contributed by atoms with Gasteiger partial charge in [0.1, 0.15) is 18.9 Å². The van der Waals surface area contributed by atoms with Crippen molar-refractivity contribution in [3.63, 3.8) is 0 Å². The smallest absolute Gasteiger partial charge is 0.275 e. The molecule has 4 nitrogen and oxygen atoms in total. The van der Waals surface area contributed by atoms with Crippen LogP contribution in [0, 0.1) is 5.92 Å². The van der Waals surface area contributed by atoms with Gasteiger partial charge >= 0.3 is 0 Å². The minimum Gasteiger partial charge on any atom is -0.488 e. The summed E-state index contributed by atoms with van der Waals surface area (Å²) < 4.78 is 5.69. The largest absolute Gasteiger partial charge is 0.488 e. The van der Waals surface area contributed by atoms with E-state index in [1.807, 2.05) is 26.1 Å². The first-order chi connectivity index (χ1) is 13.3. The highest BCUT2D eigenvalue weighted by Crippen LogP contribution is 2.16. The molecule has 0 bridgehead atoms. The number of hydrogen-bond acceptors (Lipinski definition) is 2. The standard InChI is InChI=1S/C23H31ClN2O2/c1-17(2)15-19-5-7-20(8-6-19)18(3)25-23(27)16-26(4)13-14-28-22-11-9-21(24)10-12-22/h5-12,17-18H,13-16H2,1-4H3,(H,25,27)/p+1/t18-/m1/s1. The van der Waals surface area contributed by atoms with Crippen molar-refractivity contribution in [2.75, 3.05) is 26.7 Å². The van der Waals surface area contributed by atoms with E-state index in [2.05, 4.69) is 43.4 Å². The lowest BCUT2D eigenvalue weighted by molar-refractivity contribution is -0.871. The number of nitrogens with one attached hydrogen (secondary N) is 2. The first-order valence-corrected chi connectivity index (χ1v) is 10.3. The number of carbonyl (C=O) groups excluding carboxylic acids is 1. The lowest BCUT2D eigenvalue weighted by Gasteiger charge is -2.18.